The number of halogens is 1. The minimum Gasteiger partial charge on any atom is -0.466 e. The summed E-state index contributed by atoms with van der Waals surface area (Å²) in [6.45, 7) is 3.19. The molecule has 0 bridgehead atoms. The van der Waals surface area contributed by atoms with Crippen LogP contribution < -0.4 is 5.32 Å². The van der Waals surface area contributed by atoms with E-state index in [2.05, 4.69) is 34.8 Å². The van der Waals surface area contributed by atoms with Crippen molar-refractivity contribution in [1.82, 2.24) is 10.2 Å². The van der Waals surface area contributed by atoms with Crippen LogP contribution in [0, 0.1) is 3.57 Å². The van der Waals surface area contributed by atoms with Gasteiger partial charge in [-0.25, -0.2) is 0 Å². The van der Waals surface area contributed by atoms with Gasteiger partial charge < -0.3 is 15.0 Å². The largest absolute Gasteiger partial charge is 0.466 e. The normalized spacial score (nSPS) is 17.1. The molecule has 136 valence electrons. The van der Waals surface area contributed by atoms with E-state index in [9.17, 15) is 14.4 Å². The highest BCUT2D eigenvalue weighted by Crippen LogP contribution is 2.16. The van der Waals surface area contributed by atoms with Crippen molar-refractivity contribution in [1.29, 1.82) is 0 Å². The zero-order valence-electron chi connectivity index (χ0n) is 14.3. The Bertz CT molecular complexity index is 635. The molecule has 0 aliphatic carbocycles. The first-order valence-electron chi connectivity index (χ1n) is 8.52. The van der Waals surface area contributed by atoms with Crippen LogP contribution in [0.4, 0.5) is 0 Å². The molecule has 0 radical (unpaired) electrons. The molecule has 1 N–H and O–H groups in total. The zero-order chi connectivity index (χ0) is 18.2. The summed E-state index contributed by atoms with van der Waals surface area (Å²) in [5.74, 6) is -0.994. The van der Waals surface area contributed by atoms with Gasteiger partial charge in [-0.2, -0.15) is 0 Å². The van der Waals surface area contributed by atoms with Crippen LogP contribution in [0.25, 0.3) is 0 Å². The van der Waals surface area contributed by atoms with Gasteiger partial charge in [-0.15, -0.1) is 0 Å². The highest BCUT2D eigenvalue weighted by Gasteiger charge is 2.35. The van der Waals surface area contributed by atoms with E-state index in [0.29, 0.717) is 25.3 Å². The van der Waals surface area contributed by atoms with Crippen LogP contribution >= 0.6 is 22.6 Å². The van der Waals surface area contributed by atoms with Crippen molar-refractivity contribution in [3.63, 3.8) is 0 Å². The van der Waals surface area contributed by atoms with Crippen LogP contribution in [0.1, 0.15) is 43.0 Å². The summed E-state index contributed by atoms with van der Waals surface area (Å²) in [5, 5.41) is 2.72. The Morgan fingerprint density at radius 1 is 1.36 bits per heavy atom. The number of nitrogens with one attached hydrogen (secondary N) is 1. The van der Waals surface area contributed by atoms with E-state index < -0.39 is 12.0 Å². The van der Waals surface area contributed by atoms with Crippen LogP contribution in [0.2, 0.25) is 0 Å². The molecule has 2 amide bonds. The van der Waals surface area contributed by atoms with Crippen molar-refractivity contribution >= 4 is 40.4 Å². The Kier molecular flexibility index (Phi) is 7.67. The highest BCUT2D eigenvalue weighted by molar-refractivity contribution is 14.1. The molecule has 1 aliphatic rings. The summed E-state index contributed by atoms with van der Waals surface area (Å²) in [4.78, 5) is 38.5. The molecule has 0 saturated carbocycles. The molecule has 0 aromatic heterocycles. The van der Waals surface area contributed by atoms with Gasteiger partial charge in [-0.05, 0) is 47.2 Å². The zero-order valence-corrected chi connectivity index (χ0v) is 16.5. The first kappa shape index (κ1) is 19.7. The van der Waals surface area contributed by atoms with Crippen LogP contribution in [0.15, 0.2) is 24.3 Å². The minimum absolute atomic E-state index is 0.117. The van der Waals surface area contributed by atoms with Crippen LogP contribution in [-0.2, 0) is 14.3 Å². The number of hydrogen-bond acceptors (Lipinski definition) is 4. The van der Waals surface area contributed by atoms with Crippen molar-refractivity contribution in [2.24, 2.45) is 0 Å². The van der Waals surface area contributed by atoms with Gasteiger partial charge in [0.1, 0.15) is 6.04 Å². The molecule has 1 aliphatic heterocycles. The molecule has 6 nitrogen and oxygen atoms in total. The second-order valence-electron chi connectivity index (χ2n) is 5.95. The van der Waals surface area contributed by atoms with E-state index >= 15 is 0 Å². The molecule has 25 heavy (non-hydrogen) atoms. The molecule has 1 unspecified atom stereocenters. The number of esters is 1. The fourth-order valence-corrected chi connectivity index (χ4v) is 3.25. The summed E-state index contributed by atoms with van der Waals surface area (Å²) in [5.41, 5.74) is 0.517. The number of unbranched alkanes of at least 4 members (excludes halogenated alkanes) is 2. The Labute approximate surface area is 161 Å². The van der Waals surface area contributed by atoms with Crippen LogP contribution in [0.5, 0.6) is 0 Å². The molecule has 1 aromatic rings. The molecule has 1 aromatic carbocycles. The first-order valence-corrected chi connectivity index (χ1v) is 9.60. The molecule has 1 fully saturated rings. The number of rotatable bonds is 7. The van der Waals surface area contributed by atoms with Gasteiger partial charge in [0.25, 0.3) is 5.91 Å². The first-order chi connectivity index (χ1) is 12.0. The van der Waals surface area contributed by atoms with Crippen molar-refractivity contribution in [3.8, 4) is 0 Å². The number of piperazine rings is 1. The van der Waals surface area contributed by atoms with Crippen molar-refractivity contribution < 1.29 is 19.1 Å². The van der Waals surface area contributed by atoms with Crippen molar-refractivity contribution in [2.45, 2.75) is 38.6 Å². The predicted octanol–water partition coefficient (Wildman–Crippen LogP) is 2.36. The fraction of sp³-hybridized carbons (Fsp3) is 0.500. The van der Waals surface area contributed by atoms with E-state index in [1.165, 1.54) is 4.90 Å². The lowest BCUT2D eigenvalue weighted by Gasteiger charge is -2.34. The van der Waals surface area contributed by atoms with Crippen LogP contribution in [0.3, 0.4) is 0 Å². The molecule has 1 heterocycles. The number of benzene rings is 1. The van der Waals surface area contributed by atoms with Crippen LogP contribution in [-0.4, -0.2) is 48.4 Å². The molecule has 1 atom stereocenters. The summed E-state index contributed by atoms with van der Waals surface area (Å²) >= 11 is 2.14. The lowest BCUT2D eigenvalue weighted by atomic mass is 10.1. The predicted molar refractivity (Wildman–Crippen MR) is 102 cm³/mol. The number of ether oxygens (including phenoxy) is 1. The van der Waals surface area contributed by atoms with Gasteiger partial charge in [-0.3, -0.25) is 14.4 Å². The quantitative estimate of drug-likeness (QED) is 0.387. The van der Waals surface area contributed by atoms with Crippen molar-refractivity contribution in [2.75, 3.05) is 19.7 Å². The Balaban J connectivity index is 2.03. The Morgan fingerprint density at radius 3 is 2.88 bits per heavy atom. The van der Waals surface area contributed by atoms with Gasteiger partial charge in [-0.1, -0.05) is 25.8 Å². The third-order valence-electron chi connectivity index (χ3n) is 4.03. The van der Waals surface area contributed by atoms with Gasteiger partial charge in [0.15, 0.2) is 0 Å². The van der Waals surface area contributed by atoms with E-state index in [1.807, 2.05) is 6.07 Å². The number of nitrogens with zero attached hydrogens (tertiary/aromatic N) is 1. The maximum absolute atomic E-state index is 12.8. The lowest BCUT2D eigenvalue weighted by Crippen LogP contribution is -2.57. The molecular weight excluding hydrogens is 435 g/mol. The van der Waals surface area contributed by atoms with Gasteiger partial charge in [0.05, 0.1) is 13.0 Å². The van der Waals surface area contributed by atoms with E-state index in [0.717, 1.165) is 22.8 Å². The lowest BCUT2D eigenvalue weighted by molar-refractivity contribution is -0.147. The third kappa shape index (κ3) is 5.69. The average Bonchev–Trinajstić information content (AvgIpc) is 2.60. The second kappa shape index (κ2) is 9.74. The minimum atomic E-state index is -0.821. The average molecular weight is 458 g/mol. The number of amides is 2. The maximum Gasteiger partial charge on any atom is 0.308 e. The number of carbonyl (C=O) groups excluding carboxylic acids is 3. The van der Waals surface area contributed by atoms with Gasteiger partial charge in [0, 0.05) is 22.2 Å². The second-order valence-corrected chi connectivity index (χ2v) is 7.19. The highest BCUT2D eigenvalue weighted by atomic mass is 127. The third-order valence-corrected chi connectivity index (χ3v) is 4.71. The van der Waals surface area contributed by atoms with Crippen molar-refractivity contribution in [3.05, 3.63) is 33.4 Å². The molecule has 1 saturated heterocycles. The molecule has 2 rings (SSSR count). The maximum atomic E-state index is 12.8. The topological polar surface area (TPSA) is 75.7 Å². The smallest absolute Gasteiger partial charge is 0.308 e. The number of hydrogen-bond donors (Lipinski definition) is 1. The Hall–Kier alpha value is -1.64. The van der Waals surface area contributed by atoms with Gasteiger partial charge >= 0.3 is 5.97 Å². The summed E-state index contributed by atoms with van der Waals surface area (Å²) in [6, 6.07) is 6.37. The molecule has 0 spiro atoms. The van der Waals surface area contributed by atoms with E-state index in [4.69, 9.17) is 4.74 Å². The summed E-state index contributed by atoms with van der Waals surface area (Å²) in [6.07, 6.45) is 2.73. The number of carbonyl (C=O) groups is 3. The SMILES string of the molecule is CCCCCOC(=O)CC1C(=O)NCCN1C(=O)c1cccc(I)c1. The summed E-state index contributed by atoms with van der Waals surface area (Å²) < 4.78 is 6.13. The van der Waals surface area contributed by atoms with Gasteiger partial charge in [0.2, 0.25) is 5.91 Å². The molecular formula is C18H23IN2O4. The summed E-state index contributed by atoms with van der Waals surface area (Å²) in [7, 11) is 0. The molecule has 7 heteroatoms. The Morgan fingerprint density at radius 2 is 2.16 bits per heavy atom. The van der Waals surface area contributed by atoms with E-state index in [-0.39, 0.29) is 18.2 Å². The van der Waals surface area contributed by atoms with E-state index in [1.54, 1.807) is 18.2 Å². The monoisotopic (exact) mass is 458 g/mol. The standard InChI is InChI=1S/C18H23IN2O4/c1-2-3-4-10-25-16(22)12-15-17(23)20-8-9-21(15)18(24)13-6-5-7-14(19)11-13/h5-7,11,15H,2-4,8-10,12H2,1H3,(H,20,23). The fourth-order valence-electron chi connectivity index (χ4n) is 2.70.